The van der Waals surface area contributed by atoms with Crippen molar-refractivity contribution in [3.63, 3.8) is 0 Å². The molecule has 1 saturated heterocycles. The molecule has 0 unspecified atom stereocenters. The van der Waals surface area contributed by atoms with Gasteiger partial charge in [-0.25, -0.2) is 9.59 Å². The van der Waals surface area contributed by atoms with Crippen LogP contribution < -0.4 is 10.6 Å². The maximum Gasteiger partial charge on any atom is 0.410 e. The molecular weight excluding hydrogens is 296 g/mol. The Morgan fingerprint density at radius 3 is 2.39 bits per heavy atom. The number of aromatic nitrogens is 2. The number of anilines is 1. The number of ether oxygens (including phenoxy) is 1. The van der Waals surface area contributed by atoms with Crippen LogP contribution in [0.5, 0.6) is 0 Å². The van der Waals surface area contributed by atoms with E-state index >= 15 is 0 Å². The van der Waals surface area contributed by atoms with E-state index in [-0.39, 0.29) is 11.8 Å². The molecule has 1 aliphatic heterocycles. The first-order chi connectivity index (χ1) is 10.8. The van der Waals surface area contributed by atoms with Crippen LogP contribution in [0.4, 0.5) is 10.5 Å². The van der Waals surface area contributed by atoms with Gasteiger partial charge in [0.1, 0.15) is 5.60 Å². The van der Waals surface area contributed by atoms with Gasteiger partial charge in [-0.1, -0.05) is 0 Å². The van der Waals surface area contributed by atoms with Gasteiger partial charge < -0.3 is 24.5 Å². The summed E-state index contributed by atoms with van der Waals surface area (Å²) in [4.78, 5) is 32.8. The number of nitrogens with one attached hydrogen (secondary N) is 2. The van der Waals surface area contributed by atoms with Crippen LogP contribution in [0.3, 0.4) is 0 Å². The lowest BCUT2D eigenvalue weighted by atomic mass is 10.2. The molecule has 1 fully saturated rings. The highest BCUT2D eigenvalue weighted by Crippen LogP contribution is 2.21. The highest BCUT2D eigenvalue weighted by atomic mass is 16.6. The maximum atomic E-state index is 12.1. The number of hydrogen-bond acceptors (Lipinski definition) is 4. The van der Waals surface area contributed by atoms with Gasteiger partial charge in [0.15, 0.2) is 0 Å². The predicted octanol–water partition coefficient (Wildman–Crippen LogP) is 1.91. The smallest absolute Gasteiger partial charge is 0.410 e. The highest BCUT2D eigenvalue weighted by molar-refractivity contribution is 5.79. The quantitative estimate of drug-likeness (QED) is 0.841. The summed E-state index contributed by atoms with van der Waals surface area (Å²) in [5, 5.41) is 0. The van der Waals surface area contributed by atoms with E-state index in [4.69, 9.17) is 4.74 Å². The summed E-state index contributed by atoms with van der Waals surface area (Å²) in [7, 11) is 0. The molecule has 1 aromatic heterocycles. The number of aromatic amines is 2. The van der Waals surface area contributed by atoms with Crippen LogP contribution in [-0.2, 0) is 4.74 Å². The zero-order chi connectivity index (χ0) is 16.6. The minimum Gasteiger partial charge on any atom is -0.444 e. The summed E-state index contributed by atoms with van der Waals surface area (Å²) in [6, 6.07) is 5.83. The van der Waals surface area contributed by atoms with Crippen molar-refractivity contribution < 1.29 is 9.53 Å². The van der Waals surface area contributed by atoms with E-state index in [9.17, 15) is 9.59 Å². The minimum atomic E-state index is -0.473. The average molecular weight is 318 g/mol. The Morgan fingerprint density at radius 2 is 1.74 bits per heavy atom. The van der Waals surface area contributed by atoms with E-state index in [1.54, 1.807) is 4.90 Å². The molecule has 0 atom stereocenters. The van der Waals surface area contributed by atoms with Gasteiger partial charge in [-0.05, 0) is 39.0 Å². The van der Waals surface area contributed by atoms with Gasteiger partial charge in [0.25, 0.3) is 0 Å². The van der Waals surface area contributed by atoms with Crippen LogP contribution in [0, 0.1) is 0 Å². The Morgan fingerprint density at radius 1 is 1.09 bits per heavy atom. The second kappa shape index (κ2) is 5.64. The molecule has 1 amide bonds. The summed E-state index contributed by atoms with van der Waals surface area (Å²) >= 11 is 0. The number of H-pyrrole nitrogens is 2. The van der Waals surface area contributed by atoms with Gasteiger partial charge in [-0.15, -0.1) is 0 Å². The third-order valence-corrected chi connectivity index (χ3v) is 3.80. The van der Waals surface area contributed by atoms with Gasteiger partial charge >= 0.3 is 11.8 Å². The molecule has 2 aromatic rings. The first-order valence-electron chi connectivity index (χ1n) is 7.77. The Labute approximate surface area is 134 Å². The first kappa shape index (κ1) is 15.5. The van der Waals surface area contributed by atoms with Gasteiger partial charge in [-0.3, -0.25) is 0 Å². The van der Waals surface area contributed by atoms with Crippen molar-refractivity contribution in [1.29, 1.82) is 0 Å². The van der Waals surface area contributed by atoms with Crippen LogP contribution >= 0.6 is 0 Å². The van der Waals surface area contributed by atoms with Crippen molar-refractivity contribution in [1.82, 2.24) is 14.9 Å². The molecule has 0 bridgehead atoms. The molecule has 0 saturated carbocycles. The number of hydrogen-bond donors (Lipinski definition) is 2. The number of carbonyl (C=O) groups is 1. The van der Waals surface area contributed by atoms with E-state index in [1.165, 1.54) is 0 Å². The molecule has 2 heterocycles. The summed E-state index contributed by atoms with van der Waals surface area (Å²) in [5.41, 5.74) is 1.95. The molecule has 124 valence electrons. The van der Waals surface area contributed by atoms with Crippen LogP contribution in [0.1, 0.15) is 20.8 Å². The second-order valence-electron chi connectivity index (χ2n) is 6.76. The van der Waals surface area contributed by atoms with Crippen LogP contribution in [0.25, 0.3) is 11.0 Å². The van der Waals surface area contributed by atoms with E-state index in [1.807, 2.05) is 39.0 Å². The van der Waals surface area contributed by atoms with Crippen LogP contribution in [0.2, 0.25) is 0 Å². The number of carbonyl (C=O) groups excluding carboxylic acids is 1. The highest BCUT2D eigenvalue weighted by Gasteiger charge is 2.26. The maximum absolute atomic E-state index is 12.1. The fraction of sp³-hybridized carbons (Fsp3) is 0.500. The molecule has 23 heavy (non-hydrogen) atoms. The number of nitrogens with zero attached hydrogens (tertiary/aromatic N) is 2. The number of fused-ring (bicyclic) bond motifs is 1. The molecule has 0 spiro atoms. The van der Waals surface area contributed by atoms with Gasteiger partial charge in [0.2, 0.25) is 0 Å². The molecule has 7 heteroatoms. The van der Waals surface area contributed by atoms with Crippen LogP contribution in [0.15, 0.2) is 23.0 Å². The number of imidazole rings is 1. The fourth-order valence-corrected chi connectivity index (χ4v) is 2.69. The minimum absolute atomic E-state index is 0.202. The summed E-state index contributed by atoms with van der Waals surface area (Å²) in [5.74, 6) is 0. The first-order valence-corrected chi connectivity index (χ1v) is 7.77. The standard InChI is InChI=1S/C16H22N4O3/c1-16(2,3)23-15(22)20-8-6-19(7-9-20)11-4-5-12-13(10-11)18-14(21)17-12/h4-5,10H,6-9H2,1-3H3,(H2,17,18,21). The third kappa shape index (κ3) is 3.49. The van der Waals surface area contributed by atoms with E-state index < -0.39 is 5.60 Å². The molecule has 2 N–H and O–H groups in total. The summed E-state index contributed by atoms with van der Waals surface area (Å²) in [6.45, 7) is 8.32. The van der Waals surface area contributed by atoms with Crippen molar-refractivity contribution in [3.05, 3.63) is 28.7 Å². The Hall–Kier alpha value is -2.44. The van der Waals surface area contributed by atoms with E-state index in [0.29, 0.717) is 13.1 Å². The monoisotopic (exact) mass is 318 g/mol. The molecular formula is C16H22N4O3. The molecule has 1 aliphatic rings. The second-order valence-corrected chi connectivity index (χ2v) is 6.76. The number of piperazine rings is 1. The van der Waals surface area contributed by atoms with Crippen molar-refractivity contribution in [2.45, 2.75) is 26.4 Å². The summed E-state index contributed by atoms with van der Waals surface area (Å²) in [6.07, 6.45) is -0.262. The SMILES string of the molecule is CC(C)(C)OC(=O)N1CCN(c2ccc3[nH]c(=O)[nH]c3c2)CC1. The lowest BCUT2D eigenvalue weighted by molar-refractivity contribution is 0.0240. The van der Waals surface area contributed by atoms with Gasteiger partial charge in [0.05, 0.1) is 11.0 Å². The fourth-order valence-electron chi connectivity index (χ4n) is 2.69. The predicted molar refractivity (Wildman–Crippen MR) is 88.9 cm³/mol. The molecule has 1 aromatic carbocycles. The summed E-state index contributed by atoms with van der Waals surface area (Å²) < 4.78 is 5.40. The van der Waals surface area contributed by atoms with Crippen molar-refractivity contribution >= 4 is 22.8 Å². The van der Waals surface area contributed by atoms with Crippen LogP contribution in [-0.4, -0.2) is 52.7 Å². The molecule has 3 rings (SSSR count). The zero-order valence-electron chi connectivity index (χ0n) is 13.7. The lowest BCUT2D eigenvalue weighted by Crippen LogP contribution is -2.50. The topological polar surface area (TPSA) is 81.4 Å². The Kier molecular flexibility index (Phi) is 3.79. The molecule has 0 radical (unpaired) electrons. The molecule has 0 aliphatic carbocycles. The molecule has 7 nitrogen and oxygen atoms in total. The van der Waals surface area contributed by atoms with E-state index in [2.05, 4.69) is 14.9 Å². The lowest BCUT2D eigenvalue weighted by Gasteiger charge is -2.36. The Bertz CT molecular complexity index is 763. The largest absolute Gasteiger partial charge is 0.444 e. The zero-order valence-corrected chi connectivity index (χ0v) is 13.7. The van der Waals surface area contributed by atoms with Crippen molar-refractivity contribution in [2.24, 2.45) is 0 Å². The van der Waals surface area contributed by atoms with Gasteiger partial charge in [-0.2, -0.15) is 0 Å². The number of benzene rings is 1. The van der Waals surface area contributed by atoms with E-state index in [0.717, 1.165) is 29.8 Å². The van der Waals surface area contributed by atoms with Gasteiger partial charge in [0, 0.05) is 31.9 Å². The number of amides is 1. The average Bonchev–Trinajstić information content (AvgIpc) is 2.84. The Balaban J connectivity index is 1.65. The third-order valence-electron chi connectivity index (χ3n) is 3.80. The van der Waals surface area contributed by atoms with Crippen molar-refractivity contribution in [3.8, 4) is 0 Å². The normalized spacial score (nSPS) is 16.0. The number of rotatable bonds is 1. The van der Waals surface area contributed by atoms with Crippen molar-refractivity contribution in [2.75, 3.05) is 31.1 Å².